The van der Waals surface area contributed by atoms with Gasteiger partial charge in [-0.1, -0.05) is 51.1 Å². The van der Waals surface area contributed by atoms with Gasteiger partial charge in [-0.25, -0.2) is 9.98 Å². The van der Waals surface area contributed by atoms with Gasteiger partial charge in [-0.15, -0.1) is 11.3 Å². The molecule has 142 valence electrons. The molecule has 0 saturated carbocycles. The number of aromatic nitrogens is 1. The highest BCUT2D eigenvalue weighted by atomic mass is 32.1. The minimum Gasteiger partial charge on any atom is -0.384 e. The van der Waals surface area contributed by atoms with Crippen molar-refractivity contribution in [1.82, 2.24) is 15.6 Å². The second-order valence-corrected chi connectivity index (χ2v) is 8.51. The van der Waals surface area contributed by atoms with Gasteiger partial charge in [0.15, 0.2) is 5.96 Å². The van der Waals surface area contributed by atoms with Gasteiger partial charge in [0.2, 0.25) is 0 Å². The van der Waals surface area contributed by atoms with Crippen LogP contribution in [0.2, 0.25) is 0 Å². The smallest absolute Gasteiger partial charge is 0.191 e. The Morgan fingerprint density at radius 3 is 2.42 bits per heavy atom. The van der Waals surface area contributed by atoms with E-state index in [4.69, 9.17) is 0 Å². The average Bonchev–Trinajstić information content (AvgIpc) is 3.07. The number of thiazole rings is 1. The minimum atomic E-state index is -0.974. The second-order valence-electron chi connectivity index (χ2n) is 7.57. The molecule has 0 amide bonds. The molecule has 1 heterocycles. The Bertz CT molecular complexity index is 717. The molecule has 0 radical (unpaired) electrons. The van der Waals surface area contributed by atoms with Gasteiger partial charge in [-0.3, -0.25) is 0 Å². The quantitative estimate of drug-likeness (QED) is 0.535. The summed E-state index contributed by atoms with van der Waals surface area (Å²) < 4.78 is 0. The van der Waals surface area contributed by atoms with Crippen LogP contribution < -0.4 is 10.6 Å². The minimum absolute atomic E-state index is 0.0512. The fraction of sp³-hybridized carbons (Fsp3) is 0.500. The Morgan fingerprint density at radius 1 is 1.15 bits per heavy atom. The van der Waals surface area contributed by atoms with E-state index in [2.05, 4.69) is 46.8 Å². The molecule has 6 heteroatoms. The zero-order valence-corrected chi connectivity index (χ0v) is 17.2. The second kappa shape index (κ2) is 8.64. The van der Waals surface area contributed by atoms with Crippen molar-refractivity contribution in [3.05, 3.63) is 52.0 Å². The van der Waals surface area contributed by atoms with Crippen LogP contribution in [0.3, 0.4) is 0 Å². The molecule has 0 bridgehead atoms. The van der Waals surface area contributed by atoms with Crippen LogP contribution in [0.5, 0.6) is 0 Å². The number of hydrogen-bond acceptors (Lipinski definition) is 4. The van der Waals surface area contributed by atoms with Gasteiger partial charge in [0.25, 0.3) is 0 Å². The summed E-state index contributed by atoms with van der Waals surface area (Å²) in [7, 11) is 0. The summed E-state index contributed by atoms with van der Waals surface area (Å²) >= 11 is 1.63. The van der Waals surface area contributed by atoms with Gasteiger partial charge in [-0.05, 0) is 19.4 Å². The fourth-order valence-electron chi connectivity index (χ4n) is 2.37. The number of guanidine groups is 1. The van der Waals surface area contributed by atoms with Crippen molar-refractivity contribution in [2.45, 2.75) is 52.2 Å². The Morgan fingerprint density at radius 2 is 1.85 bits per heavy atom. The van der Waals surface area contributed by atoms with Crippen molar-refractivity contribution in [3.63, 3.8) is 0 Å². The van der Waals surface area contributed by atoms with Crippen LogP contribution in [0.15, 0.2) is 40.7 Å². The lowest BCUT2D eigenvalue weighted by Crippen LogP contribution is -2.44. The molecule has 1 aromatic carbocycles. The number of nitrogens with zero attached hydrogens (tertiary/aromatic N) is 2. The largest absolute Gasteiger partial charge is 0.384 e. The van der Waals surface area contributed by atoms with Crippen molar-refractivity contribution in [3.8, 4) is 0 Å². The van der Waals surface area contributed by atoms with E-state index in [0.29, 0.717) is 19.0 Å². The van der Waals surface area contributed by atoms with Crippen LogP contribution in [-0.4, -0.2) is 29.1 Å². The topological polar surface area (TPSA) is 69.5 Å². The van der Waals surface area contributed by atoms with Gasteiger partial charge >= 0.3 is 0 Å². The maximum Gasteiger partial charge on any atom is 0.191 e. The molecule has 2 aromatic rings. The number of aliphatic imine (C=N–C) groups is 1. The molecular weight excluding hydrogens is 344 g/mol. The number of aliphatic hydroxyl groups is 1. The predicted molar refractivity (Wildman–Crippen MR) is 110 cm³/mol. The monoisotopic (exact) mass is 374 g/mol. The number of rotatable bonds is 6. The molecule has 1 aromatic heterocycles. The highest BCUT2D eigenvalue weighted by Gasteiger charge is 2.23. The maximum atomic E-state index is 10.7. The summed E-state index contributed by atoms with van der Waals surface area (Å²) in [5.74, 6) is 0.677. The molecule has 0 aliphatic rings. The first kappa shape index (κ1) is 20.4. The van der Waals surface area contributed by atoms with Crippen LogP contribution in [0.1, 0.15) is 50.9 Å². The number of benzene rings is 1. The molecule has 26 heavy (non-hydrogen) atoms. The van der Waals surface area contributed by atoms with Gasteiger partial charge in [0, 0.05) is 17.3 Å². The predicted octanol–water partition coefficient (Wildman–Crippen LogP) is 3.40. The lowest BCUT2D eigenvalue weighted by Gasteiger charge is -2.25. The Kier molecular flexibility index (Phi) is 6.78. The molecule has 0 fully saturated rings. The van der Waals surface area contributed by atoms with Crippen LogP contribution in [0.4, 0.5) is 0 Å². The maximum absolute atomic E-state index is 10.7. The lowest BCUT2D eigenvalue weighted by atomic mass is 9.93. The molecule has 5 nitrogen and oxygen atoms in total. The highest BCUT2D eigenvalue weighted by molar-refractivity contribution is 7.09. The number of hydrogen-bond donors (Lipinski definition) is 3. The first-order valence-corrected chi connectivity index (χ1v) is 9.85. The summed E-state index contributed by atoms with van der Waals surface area (Å²) in [6.45, 7) is 11.9. The molecule has 0 spiro atoms. The Balaban J connectivity index is 2.01. The van der Waals surface area contributed by atoms with E-state index in [1.807, 2.05) is 37.3 Å². The van der Waals surface area contributed by atoms with E-state index in [1.165, 1.54) is 0 Å². The van der Waals surface area contributed by atoms with Crippen molar-refractivity contribution in [2.24, 2.45) is 4.99 Å². The highest BCUT2D eigenvalue weighted by Crippen LogP contribution is 2.24. The van der Waals surface area contributed by atoms with E-state index in [0.717, 1.165) is 22.8 Å². The molecule has 0 aliphatic heterocycles. The van der Waals surface area contributed by atoms with Gasteiger partial charge in [-0.2, -0.15) is 0 Å². The molecule has 1 atom stereocenters. The normalized spacial score (nSPS) is 14.8. The Hall–Kier alpha value is -1.92. The standard InChI is InChI=1S/C20H30N4OS/c1-6-21-18(22-12-17-24-16(13-26-17)19(2,3)4)23-14-20(5,25)15-10-8-7-9-11-15/h7-11,13,25H,6,12,14H2,1-5H3,(H2,21,22,23). The van der Waals surface area contributed by atoms with E-state index in [1.54, 1.807) is 18.3 Å². The van der Waals surface area contributed by atoms with Crippen molar-refractivity contribution >= 4 is 17.3 Å². The summed E-state index contributed by atoms with van der Waals surface area (Å²) in [6.07, 6.45) is 0. The first-order valence-electron chi connectivity index (χ1n) is 8.97. The van der Waals surface area contributed by atoms with Gasteiger partial charge in [0.05, 0.1) is 18.8 Å². The van der Waals surface area contributed by atoms with E-state index < -0.39 is 5.60 Å². The molecule has 1 unspecified atom stereocenters. The SMILES string of the molecule is CCNC(=NCc1nc(C(C)(C)C)cs1)NCC(C)(O)c1ccccc1. The van der Waals surface area contributed by atoms with Crippen molar-refractivity contribution in [1.29, 1.82) is 0 Å². The van der Waals surface area contributed by atoms with E-state index >= 15 is 0 Å². The molecule has 3 N–H and O–H groups in total. The fourth-order valence-corrected chi connectivity index (χ4v) is 3.32. The third-order valence-electron chi connectivity index (χ3n) is 4.03. The molecule has 0 saturated heterocycles. The third-order valence-corrected chi connectivity index (χ3v) is 4.87. The van der Waals surface area contributed by atoms with Crippen LogP contribution in [-0.2, 0) is 17.6 Å². The van der Waals surface area contributed by atoms with E-state index in [9.17, 15) is 5.11 Å². The molecule has 0 aliphatic carbocycles. The summed E-state index contributed by atoms with van der Waals surface area (Å²) in [5.41, 5.74) is 1.05. The van der Waals surface area contributed by atoms with Gasteiger partial charge < -0.3 is 15.7 Å². The summed E-state index contributed by atoms with van der Waals surface area (Å²) in [6, 6.07) is 9.65. The summed E-state index contributed by atoms with van der Waals surface area (Å²) in [4.78, 5) is 9.28. The zero-order valence-electron chi connectivity index (χ0n) is 16.3. The lowest BCUT2D eigenvalue weighted by molar-refractivity contribution is 0.0617. The van der Waals surface area contributed by atoms with Crippen LogP contribution >= 0.6 is 11.3 Å². The average molecular weight is 375 g/mol. The van der Waals surface area contributed by atoms with Crippen molar-refractivity contribution in [2.75, 3.05) is 13.1 Å². The zero-order chi connectivity index (χ0) is 19.2. The van der Waals surface area contributed by atoms with Crippen LogP contribution in [0.25, 0.3) is 0 Å². The first-order chi connectivity index (χ1) is 12.2. The Labute approximate surface area is 160 Å². The number of nitrogens with one attached hydrogen (secondary N) is 2. The molecular formula is C20H30N4OS. The van der Waals surface area contributed by atoms with E-state index in [-0.39, 0.29) is 5.41 Å². The van der Waals surface area contributed by atoms with Gasteiger partial charge in [0.1, 0.15) is 10.6 Å². The third kappa shape index (κ3) is 5.81. The van der Waals surface area contributed by atoms with Crippen molar-refractivity contribution < 1.29 is 5.11 Å². The molecule has 2 rings (SSSR count). The summed E-state index contributed by atoms with van der Waals surface area (Å²) in [5, 5.41) is 20.3. The van der Waals surface area contributed by atoms with Crippen LogP contribution in [0, 0.1) is 0 Å².